The van der Waals surface area contributed by atoms with Gasteiger partial charge in [0, 0.05) is 17.3 Å². The van der Waals surface area contributed by atoms with Crippen molar-refractivity contribution in [3.05, 3.63) is 0 Å². The Morgan fingerprint density at radius 3 is 1.08 bits per heavy atom. The molecule has 0 aliphatic rings. The van der Waals surface area contributed by atoms with E-state index >= 15 is 0 Å². The van der Waals surface area contributed by atoms with Crippen LogP contribution in [0.4, 0.5) is 26.3 Å². The van der Waals surface area contributed by atoms with Gasteiger partial charge in [-0.25, -0.2) is 13.2 Å². The van der Waals surface area contributed by atoms with Crippen LogP contribution >= 0.6 is 0 Å². The smallest absolute Gasteiger partial charge is 0.234 e. The molecule has 0 aromatic rings. The molecule has 0 N–H and O–H groups in total. The first kappa shape index (κ1) is 26.8. The molecule has 0 spiro atoms. The normalized spacial score (nSPS) is 17.0. The van der Waals surface area contributed by atoms with E-state index in [9.17, 15) is 26.3 Å². The first-order valence-corrected chi connectivity index (χ1v) is 8.53. The number of rotatable bonds is 3. The molecule has 0 aromatic carbocycles. The molecule has 0 amide bonds. The lowest BCUT2D eigenvalue weighted by atomic mass is 9.70. The largest absolute Gasteiger partial charge is 0.422 e. The van der Waals surface area contributed by atoms with Gasteiger partial charge in [-0.1, -0.05) is 69.2 Å². The van der Waals surface area contributed by atoms with Gasteiger partial charge in [0.25, 0.3) is 5.92 Å². The summed E-state index contributed by atoms with van der Waals surface area (Å²) in [6.45, 7) is 16.8. The molecule has 0 nitrogen and oxygen atoms in total. The van der Waals surface area contributed by atoms with E-state index in [1.807, 2.05) is 34.6 Å². The molecule has 0 aliphatic heterocycles. The summed E-state index contributed by atoms with van der Waals surface area (Å²) in [4.78, 5) is 0. The fourth-order valence-corrected chi connectivity index (χ4v) is 1.74. The van der Waals surface area contributed by atoms with Crippen LogP contribution in [0.5, 0.6) is 0 Å². The molecule has 0 saturated heterocycles. The van der Waals surface area contributed by atoms with Crippen molar-refractivity contribution in [3.8, 4) is 0 Å². The van der Waals surface area contributed by atoms with E-state index in [2.05, 4.69) is 0 Å². The molecule has 0 heterocycles. The Labute approximate surface area is 149 Å². The topological polar surface area (TPSA) is 0 Å². The van der Waals surface area contributed by atoms with Gasteiger partial charge in [0.05, 0.1) is 0 Å². The van der Waals surface area contributed by atoms with Crippen molar-refractivity contribution in [3.63, 3.8) is 0 Å². The van der Waals surface area contributed by atoms with Crippen molar-refractivity contribution < 1.29 is 26.3 Å². The monoisotopic (exact) mass is 378 g/mol. The fraction of sp³-hybridized carbons (Fsp3) is 1.00. The second-order valence-electron chi connectivity index (χ2n) is 10.1. The molecule has 0 aliphatic carbocycles. The highest BCUT2D eigenvalue weighted by atomic mass is 19.4. The van der Waals surface area contributed by atoms with E-state index in [4.69, 9.17) is 0 Å². The minimum Gasteiger partial charge on any atom is -0.234 e. The molecule has 1 atom stereocenters. The van der Waals surface area contributed by atoms with Gasteiger partial charge in [-0.15, -0.1) is 0 Å². The maximum Gasteiger partial charge on any atom is 0.422 e. The standard InChI is InChI=1S/C12H24F2.C7H12F4/c1-9(2)11(6,7)12(13,14)8-10(3,4)5;1-5(2,3)6(4,8)7(9,10)11/h9H,8H2,1-7H3;1-4H3. The molecule has 0 saturated carbocycles. The Balaban J connectivity index is 0. The Morgan fingerprint density at radius 1 is 0.640 bits per heavy atom. The lowest BCUT2D eigenvalue weighted by molar-refractivity contribution is -0.255. The van der Waals surface area contributed by atoms with Gasteiger partial charge in [-0.2, -0.15) is 13.2 Å². The summed E-state index contributed by atoms with van der Waals surface area (Å²) in [7, 11) is 0. The molecule has 0 aromatic heterocycles. The second kappa shape index (κ2) is 7.67. The van der Waals surface area contributed by atoms with Gasteiger partial charge in [0.15, 0.2) is 0 Å². The molecule has 1 unspecified atom stereocenters. The fourth-order valence-electron chi connectivity index (χ4n) is 1.74. The third kappa shape index (κ3) is 7.38. The summed E-state index contributed by atoms with van der Waals surface area (Å²) in [5.41, 5.74) is -5.79. The van der Waals surface area contributed by atoms with Gasteiger partial charge in [-0.3, -0.25) is 0 Å². The van der Waals surface area contributed by atoms with Crippen molar-refractivity contribution in [2.75, 3.05) is 0 Å². The van der Waals surface area contributed by atoms with Crippen molar-refractivity contribution in [2.45, 2.75) is 100 Å². The van der Waals surface area contributed by atoms with E-state index < -0.39 is 28.6 Å². The zero-order valence-electron chi connectivity index (χ0n) is 17.6. The van der Waals surface area contributed by atoms with Crippen LogP contribution in [0, 0.1) is 22.2 Å². The number of alkyl halides is 6. The number of halogens is 6. The van der Waals surface area contributed by atoms with Crippen LogP contribution in [-0.4, -0.2) is 17.8 Å². The van der Waals surface area contributed by atoms with Crippen LogP contribution in [0.15, 0.2) is 0 Å². The van der Waals surface area contributed by atoms with Gasteiger partial charge < -0.3 is 0 Å². The van der Waals surface area contributed by atoms with Gasteiger partial charge >= 0.3 is 6.18 Å². The van der Waals surface area contributed by atoms with Gasteiger partial charge in [-0.05, 0) is 18.3 Å². The highest BCUT2D eigenvalue weighted by molar-refractivity contribution is 4.93. The molecule has 0 rings (SSSR count). The predicted molar refractivity (Wildman–Crippen MR) is 92.7 cm³/mol. The highest BCUT2D eigenvalue weighted by Crippen LogP contribution is 2.48. The summed E-state index contributed by atoms with van der Waals surface area (Å²) in [5.74, 6) is -2.61. The second-order valence-corrected chi connectivity index (χ2v) is 10.1. The average Bonchev–Trinajstić information content (AvgIpc) is 2.22. The molecule has 6 heteroatoms. The summed E-state index contributed by atoms with van der Waals surface area (Å²) < 4.78 is 76.7. The molecule has 0 bridgehead atoms. The SMILES string of the molecule is CC(C)(C)C(C)(F)C(F)(F)F.CC(C)C(C)(C)C(F)(F)CC(C)(C)C. The summed E-state index contributed by atoms with van der Waals surface area (Å²) in [6, 6.07) is 0. The van der Waals surface area contributed by atoms with Crippen LogP contribution in [0.3, 0.4) is 0 Å². The minimum absolute atomic E-state index is 0.0140. The van der Waals surface area contributed by atoms with E-state index in [0.717, 1.165) is 0 Å². The van der Waals surface area contributed by atoms with Gasteiger partial charge in [0.1, 0.15) is 0 Å². The third-order valence-electron chi connectivity index (χ3n) is 5.08. The van der Waals surface area contributed by atoms with Crippen molar-refractivity contribution >= 4 is 0 Å². The number of hydrogen-bond acceptors (Lipinski definition) is 0. The van der Waals surface area contributed by atoms with Crippen LogP contribution in [-0.2, 0) is 0 Å². The zero-order valence-corrected chi connectivity index (χ0v) is 17.6. The molecular weight excluding hydrogens is 342 g/mol. The Hall–Kier alpha value is -0.420. The molecule has 154 valence electrons. The average molecular weight is 378 g/mol. The first-order valence-electron chi connectivity index (χ1n) is 8.53. The maximum absolute atomic E-state index is 13.9. The van der Waals surface area contributed by atoms with E-state index in [1.54, 1.807) is 13.8 Å². The molecule has 25 heavy (non-hydrogen) atoms. The first-order chi connectivity index (χ1) is 10.4. The highest BCUT2D eigenvalue weighted by Gasteiger charge is 2.59. The maximum atomic E-state index is 13.9. The van der Waals surface area contributed by atoms with Gasteiger partial charge in [0.2, 0.25) is 5.67 Å². The van der Waals surface area contributed by atoms with Crippen molar-refractivity contribution in [1.29, 1.82) is 0 Å². The van der Waals surface area contributed by atoms with Crippen LogP contribution in [0.1, 0.15) is 82.6 Å². The van der Waals surface area contributed by atoms with Crippen molar-refractivity contribution in [2.24, 2.45) is 22.2 Å². The summed E-state index contributed by atoms with van der Waals surface area (Å²) in [6.07, 6.45) is -4.84. The molecular formula is C19H36F6. The Kier molecular flexibility index (Phi) is 8.23. The number of hydrogen-bond donors (Lipinski definition) is 0. The minimum atomic E-state index is -4.79. The predicted octanol–water partition coefficient (Wildman–Crippen LogP) is 8.06. The van der Waals surface area contributed by atoms with Crippen molar-refractivity contribution in [1.82, 2.24) is 0 Å². The zero-order chi connectivity index (χ0) is 21.3. The van der Waals surface area contributed by atoms with E-state index in [1.165, 1.54) is 20.8 Å². The van der Waals surface area contributed by atoms with Crippen LogP contribution < -0.4 is 0 Å². The van der Waals surface area contributed by atoms with E-state index in [0.29, 0.717) is 6.92 Å². The van der Waals surface area contributed by atoms with E-state index in [-0.39, 0.29) is 17.8 Å². The lowest BCUT2D eigenvalue weighted by Gasteiger charge is -2.40. The third-order valence-corrected chi connectivity index (χ3v) is 5.08. The quantitative estimate of drug-likeness (QED) is 0.436. The molecule has 0 fully saturated rings. The van der Waals surface area contributed by atoms with Crippen LogP contribution in [0.2, 0.25) is 0 Å². The molecule has 0 radical (unpaired) electrons. The Morgan fingerprint density at radius 2 is 0.960 bits per heavy atom. The summed E-state index contributed by atoms with van der Waals surface area (Å²) in [5, 5.41) is 0. The summed E-state index contributed by atoms with van der Waals surface area (Å²) >= 11 is 0. The lowest BCUT2D eigenvalue weighted by Crippen LogP contribution is -2.48. The van der Waals surface area contributed by atoms with Crippen LogP contribution in [0.25, 0.3) is 0 Å². The Bertz CT molecular complexity index is 387.